The predicted octanol–water partition coefficient (Wildman–Crippen LogP) is 2.02. The van der Waals surface area contributed by atoms with Gasteiger partial charge in [0, 0.05) is 12.5 Å². The van der Waals surface area contributed by atoms with E-state index in [-0.39, 0.29) is 6.10 Å². The first-order valence-corrected chi connectivity index (χ1v) is 6.92. The highest BCUT2D eigenvalue weighted by Crippen LogP contribution is 2.32. The van der Waals surface area contributed by atoms with Crippen LogP contribution in [0.15, 0.2) is 18.2 Å². The second-order valence-corrected chi connectivity index (χ2v) is 5.38. The summed E-state index contributed by atoms with van der Waals surface area (Å²) in [5.41, 5.74) is 0.912. The Morgan fingerprint density at radius 2 is 2.30 bits per heavy atom. The van der Waals surface area contributed by atoms with Crippen molar-refractivity contribution < 1.29 is 24.1 Å². The Morgan fingerprint density at radius 3 is 3.00 bits per heavy atom. The maximum absolute atomic E-state index is 10.9. The van der Waals surface area contributed by atoms with Crippen LogP contribution < -0.4 is 9.47 Å². The lowest BCUT2D eigenvalue weighted by molar-refractivity contribution is -0.144. The first-order valence-electron chi connectivity index (χ1n) is 6.92. The lowest BCUT2D eigenvalue weighted by Crippen LogP contribution is -2.24. The third-order valence-electron chi connectivity index (χ3n) is 3.74. The summed E-state index contributed by atoms with van der Waals surface area (Å²) in [5.74, 6) is 0.366. The molecule has 108 valence electrons. The molecule has 3 rings (SSSR count). The van der Waals surface area contributed by atoms with Crippen LogP contribution in [0, 0.1) is 0 Å². The van der Waals surface area contributed by atoms with Gasteiger partial charge in [-0.2, -0.15) is 0 Å². The van der Waals surface area contributed by atoms with Crippen LogP contribution >= 0.6 is 0 Å². The zero-order chi connectivity index (χ0) is 14.1. The van der Waals surface area contributed by atoms with Crippen molar-refractivity contribution in [1.82, 2.24) is 0 Å². The molecule has 3 atom stereocenters. The molecule has 2 aliphatic heterocycles. The Bertz CT molecular complexity index is 513. The van der Waals surface area contributed by atoms with Gasteiger partial charge in [0.15, 0.2) is 6.10 Å². The summed E-state index contributed by atoms with van der Waals surface area (Å²) in [6.07, 6.45) is 2.17. The van der Waals surface area contributed by atoms with Gasteiger partial charge in [-0.25, -0.2) is 4.79 Å². The number of fused-ring (bicyclic) bond motifs is 1. The van der Waals surface area contributed by atoms with Gasteiger partial charge in [-0.3, -0.25) is 0 Å². The molecule has 2 aliphatic rings. The SMILES string of the molecule is CC1CCC(COc2ccc3c(c2)OC(C(=O)O)C3)O1. The number of aliphatic carboxylic acids is 1. The zero-order valence-corrected chi connectivity index (χ0v) is 11.4. The molecular formula is C15H18O5. The molecule has 0 radical (unpaired) electrons. The van der Waals surface area contributed by atoms with Crippen LogP contribution in [0.5, 0.6) is 11.5 Å². The minimum atomic E-state index is -0.933. The smallest absolute Gasteiger partial charge is 0.345 e. The zero-order valence-electron chi connectivity index (χ0n) is 11.4. The summed E-state index contributed by atoms with van der Waals surface area (Å²) in [7, 11) is 0. The number of hydrogen-bond acceptors (Lipinski definition) is 4. The van der Waals surface area contributed by atoms with Crippen molar-refractivity contribution in [1.29, 1.82) is 0 Å². The van der Waals surface area contributed by atoms with Crippen LogP contribution in [0.25, 0.3) is 0 Å². The van der Waals surface area contributed by atoms with Crippen LogP contribution in [-0.4, -0.2) is 36.0 Å². The van der Waals surface area contributed by atoms with Gasteiger partial charge in [0.25, 0.3) is 0 Å². The van der Waals surface area contributed by atoms with Crippen molar-refractivity contribution >= 4 is 5.97 Å². The Labute approximate surface area is 117 Å². The Balaban J connectivity index is 1.60. The molecule has 5 nitrogen and oxygen atoms in total. The summed E-state index contributed by atoms with van der Waals surface area (Å²) in [5, 5.41) is 8.95. The lowest BCUT2D eigenvalue weighted by atomic mass is 10.1. The summed E-state index contributed by atoms with van der Waals surface area (Å²) in [6.45, 7) is 2.58. The fraction of sp³-hybridized carbons (Fsp3) is 0.533. The summed E-state index contributed by atoms with van der Waals surface area (Å²) < 4.78 is 16.8. The van der Waals surface area contributed by atoms with Gasteiger partial charge in [-0.15, -0.1) is 0 Å². The van der Waals surface area contributed by atoms with Gasteiger partial charge in [-0.1, -0.05) is 6.07 Å². The predicted molar refractivity (Wildman–Crippen MR) is 71.3 cm³/mol. The van der Waals surface area contributed by atoms with E-state index in [4.69, 9.17) is 19.3 Å². The highest BCUT2D eigenvalue weighted by molar-refractivity contribution is 5.74. The van der Waals surface area contributed by atoms with Gasteiger partial charge in [0.2, 0.25) is 0 Å². The van der Waals surface area contributed by atoms with E-state index in [1.807, 2.05) is 12.1 Å². The van der Waals surface area contributed by atoms with Crippen LogP contribution in [0.2, 0.25) is 0 Å². The lowest BCUT2D eigenvalue weighted by Gasteiger charge is -2.13. The molecule has 1 aromatic rings. The Morgan fingerprint density at radius 1 is 1.45 bits per heavy atom. The number of hydrogen-bond donors (Lipinski definition) is 1. The highest BCUT2D eigenvalue weighted by atomic mass is 16.5. The molecule has 1 aromatic carbocycles. The van der Waals surface area contributed by atoms with Crippen molar-refractivity contribution in [3.05, 3.63) is 23.8 Å². The summed E-state index contributed by atoms with van der Waals surface area (Å²) >= 11 is 0. The fourth-order valence-electron chi connectivity index (χ4n) is 2.63. The average molecular weight is 278 g/mol. The van der Waals surface area contributed by atoms with Crippen molar-refractivity contribution in [3.63, 3.8) is 0 Å². The number of carbonyl (C=O) groups is 1. The van der Waals surface area contributed by atoms with Crippen molar-refractivity contribution in [2.75, 3.05) is 6.61 Å². The van der Waals surface area contributed by atoms with Gasteiger partial charge >= 0.3 is 5.97 Å². The number of carboxylic acid groups (broad SMARTS) is 1. The molecule has 0 bridgehead atoms. The molecule has 5 heteroatoms. The molecule has 0 aliphatic carbocycles. The topological polar surface area (TPSA) is 65.0 Å². The molecular weight excluding hydrogens is 260 g/mol. The van der Waals surface area contributed by atoms with E-state index in [0.717, 1.165) is 18.4 Å². The largest absolute Gasteiger partial charge is 0.491 e. The molecule has 20 heavy (non-hydrogen) atoms. The third-order valence-corrected chi connectivity index (χ3v) is 3.74. The molecule has 1 saturated heterocycles. The van der Waals surface area contributed by atoms with Gasteiger partial charge < -0.3 is 19.3 Å². The van der Waals surface area contributed by atoms with Crippen LogP contribution in [-0.2, 0) is 16.0 Å². The monoisotopic (exact) mass is 278 g/mol. The van der Waals surface area contributed by atoms with Crippen LogP contribution in [0.3, 0.4) is 0 Å². The molecule has 0 spiro atoms. The normalized spacial score (nSPS) is 27.9. The first kappa shape index (κ1) is 13.2. The average Bonchev–Trinajstić information content (AvgIpc) is 3.01. The van der Waals surface area contributed by atoms with Crippen molar-refractivity contribution in [2.24, 2.45) is 0 Å². The molecule has 2 heterocycles. The van der Waals surface area contributed by atoms with Gasteiger partial charge in [0.05, 0.1) is 12.2 Å². The Hall–Kier alpha value is -1.75. The molecule has 3 unspecified atom stereocenters. The van der Waals surface area contributed by atoms with Crippen molar-refractivity contribution in [2.45, 2.75) is 44.5 Å². The Kier molecular flexibility index (Phi) is 3.53. The third kappa shape index (κ3) is 2.72. The van der Waals surface area contributed by atoms with Gasteiger partial charge in [-0.05, 0) is 31.4 Å². The van der Waals surface area contributed by atoms with E-state index in [1.54, 1.807) is 6.07 Å². The first-order chi connectivity index (χ1) is 9.61. The van der Waals surface area contributed by atoms with Crippen LogP contribution in [0.1, 0.15) is 25.3 Å². The number of ether oxygens (including phenoxy) is 3. The van der Waals surface area contributed by atoms with E-state index >= 15 is 0 Å². The van der Waals surface area contributed by atoms with E-state index in [1.165, 1.54) is 0 Å². The van der Waals surface area contributed by atoms with E-state index in [0.29, 0.717) is 30.6 Å². The minimum absolute atomic E-state index is 0.144. The molecule has 1 fully saturated rings. The molecule has 0 amide bonds. The van der Waals surface area contributed by atoms with Crippen molar-refractivity contribution in [3.8, 4) is 11.5 Å². The van der Waals surface area contributed by atoms with E-state index in [9.17, 15) is 4.79 Å². The maximum atomic E-state index is 10.9. The summed E-state index contributed by atoms with van der Waals surface area (Å²) in [4.78, 5) is 10.9. The number of rotatable bonds is 4. The standard InChI is InChI=1S/C15H18O5/c1-9-2-4-12(19-9)8-18-11-5-3-10-6-14(15(16)17)20-13(10)7-11/h3,5,7,9,12,14H,2,4,6,8H2,1H3,(H,16,17). The fourth-order valence-corrected chi connectivity index (χ4v) is 2.63. The highest BCUT2D eigenvalue weighted by Gasteiger charge is 2.29. The van der Waals surface area contributed by atoms with E-state index in [2.05, 4.69) is 6.92 Å². The number of carboxylic acids is 1. The molecule has 0 saturated carbocycles. The molecule has 1 N–H and O–H groups in total. The second kappa shape index (κ2) is 5.32. The van der Waals surface area contributed by atoms with Crippen LogP contribution in [0.4, 0.5) is 0 Å². The number of benzene rings is 1. The van der Waals surface area contributed by atoms with Gasteiger partial charge in [0.1, 0.15) is 18.1 Å². The summed E-state index contributed by atoms with van der Waals surface area (Å²) in [6, 6.07) is 5.48. The van der Waals surface area contributed by atoms with E-state index < -0.39 is 12.1 Å². The minimum Gasteiger partial charge on any atom is -0.491 e. The maximum Gasteiger partial charge on any atom is 0.345 e. The second-order valence-electron chi connectivity index (χ2n) is 5.38. The quantitative estimate of drug-likeness (QED) is 0.912. The molecule has 0 aromatic heterocycles.